The van der Waals surface area contributed by atoms with Gasteiger partial charge in [-0.15, -0.1) is 0 Å². The molecule has 0 spiro atoms. The molecule has 7 nitrogen and oxygen atoms in total. The molecule has 0 bridgehead atoms. The van der Waals surface area contributed by atoms with E-state index in [1.54, 1.807) is 56.3 Å². The number of hydrogen-bond acceptors (Lipinski definition) is 4. The second-order valence-corrected chi connectivity index (χ2v) is 12.1. The largest absolute Gasteiger partial charge is 0.355 e. The fraction of sp³-hybridized carbons (Fsp3) is 0.310. The standard InChI is InChI=1S/C29H33Cl2N3O4S/c1-6-32-29(36)22(5)33(17-25-26(30)8-7-9-27(25)31)28(35)18-34(23-13-12-20(3)21(4)16-23)39(37,38)24-14-10-19(2)11-15-24/h7-16,22H,6,17-18H2,1-5H3,(H,32,36). The van der Waals surface area contributed by atoms with Gasteiger partial charge in [0.1, 0.15) is 12.6 Å². The highest BCUT2D eigenvalue weighted by atomic mass is 35.5. The minimum Gasteiger partial charge on any atom is -0.355 e. The Kier molecular flexibility index (Phi) is 10.0. The molecule has 0 fully saturated rings. The molecule has 1 unspecified atom stereocenters. The molecule has 1 N–H and O–H groups in total. The van der Waals surface area contributed by atoms with Crippen LogP contribution < -0.4 is 9.62 Å². The van der Waals surface area contributed by atoms with Crippen LogP contribution in [-0.2, 0) is 26.2 Å². The number of benzene rings is 3. The van der Waals surface area contributed by atoms with Gasteiger partial charge in [0, 0.05) is 28.7 Å². The number of hydrogen-bond donors (Lipinski definition) is 1. The zero-order valence-corrected chi connectivity index (χ0v) is 25.0. The third-order valence-corrected chi connectivity index (χ3v) is 9.07. The van der Waals surface area contributed by atoms with Crippen molar-refractivity contribution >= 4 is 50.7 Å². The molecule has 0 heterocycles. The normalized spacial score (nSPS) is 12.1. The van der Waals surface area contributed by atoms with Gasteiger partial charge in [0.25, 0.3) is 10.0 Å². The summed E-state index contributed by atoms with van der Waals surface area (Å²) in [6.45, 7) is 8.77. The van der Waals surface area contributed by atoms with Crippen LogP contribution in [-0.4, -0.2) is 44.3 Å². The average molecular weight is 591 g/mol. The lowest BCUT2D eigenvalue weighted by Crippen LogP contribution is -2.51. The van der Waals surface area contributed by atoms with Crippen LogP contribution in [0.5, 0.6) is 0 Å². The van der Waals surface area contributed by atoms with Gasteiger partial charge < -0.3 is 10.2 Å². The van der Waals surface area contributed by atoms with Crippen LogP contribution in [0.25, 0.3) is 0 Å². The number of carbonyl (C=O) groups is 2. The van der Waals surface area contributed by atoms with Gasteiger partial charge in [-0.05, 0) is 82.1 Å². The second-order valence-electron chi connectivity index (χ2n) is 9.39. The smallest absolute Gasteiger partial charge is 0.264 e. The van der Waals surface area contributed by atoms with Crippen LogP contribution in [0.4, 0.5) is 5.69 Å². The van der Waals surface area contributed by atoms with E-state index < -0.39 is 28.5 Å². The van der Waals surface area contributed by atoms with Crippen LogP contribution in [0.2, 0.25) is 10.0 Å². The van der Waals surface area contributed by atoms with Gasteiger partial charge in [0.15, 0.2) is 0 Å². The Labute approximate surface area is 240 Å². The molecule has 3 aromatic carbocycles. The number of anilines is 1. The third kappa shape index (κ3) is 7.12. The number of nitrogens with zero attached hydrogens (tertiary/aromatic N) is 2. The predicted octanol–water partition coefficient (Wildman–Crippen LogP) is 5.67. The van der Waals surface area contributed by atoms with Crippen LogP contribution in [0.3, 0.4) is 0 Å². The quantitative estimate of drug-likeness (QED) is 0.330. The number of nitrogens with one attached hydrogen (secondary N) is 1. The monoisotopic (exact) mass is 589 g/mol. The molecule has 0 aliphatic carbocycles. The molecule has 0 radical (unpaired) electrons. The van der Waals surface area contributed by atoms with E-state index in [2.05, 4.69) is 5.32 Å². The van der Waals surface area contributed by atoms with Crippen molar-refractivity contribution in [2.75, 3.05) is 17.4 Å². The topological polar surface area (TPSA) is 86.8 Å². The molecule has 3 rings (SSSR count). The van der Waals surface area contributed by atoms with Gasteiger partial charge in [-0.3, -0.25) is 13.9 Å². The molecule has 2 amide bonds. The Balaban J connectivity index is 2.09. The summed E-state index contributed by atoms with van der Waals surface area (Å²) in [5.41, 5.74) is 3.57. The highest BCUT2D eigenvalue weighted by Crippen LogP contribution is 2.29. The van der Waals surface area contributed by atoms with Gasteiger partial charge in [-0.2, -0.15) is 0 Å². The summed E-state index contributed by atoms with van der Waals surface area (Å²) in [5, 5.41) is 3.39. The lowest BCUT2D eigenvalue weighted by Gasteiger charge is -2.32. The summed E-state index contributed by atoms with van der Waals surface area (Å²) in [5.74, 6) is -0.966. The first kappa shape index (κ1) is 30.5. The minimum absolute atomic E-state index is 0.0524. The first-order valence-electron chi connectivity index (χ1n) is 12.5. The van der Waals surface area contributed by atoms with E-state index in [1.165, 1.54) is 17.0 Å². The van der Waals surface area contributed by atoms with E-state index >= 15 is 0 Å². The summed E-state index contributed by atoms with van der Waals surface area (Å²) in [7, 11) is -4.14. The SMILES string of the molecule is CCNC(=O)C(C)N(Cc1c(Cl)cccc1Cl)C(=O)CN(c1ccc(C)c(C)c1)S(=O)(=O)c1ccc(C)cc1. The number of carbonyl (C=O) groups excluding carboxylic acids is 2. The van der Waals surface area contributed by atoms with Crippen molar-refractivity contribution in [3.63, 3.8) is 0 Å². The molecule has 0 saturated heterocycles. The average Bonchev–Trinajstić information content (AvgIpc) is 2.88. The van der Waals surface area contributed by atoms with Gasteiger partial charge in [0.2, 0.25) is 11.8 Å². The van der Waals surface area contributed by atoms with Gasteiger partial charge in [0.05, 0.1) is 10.6 Å². The first-order valence-corrected chi connectivity index (χ1v) is 14.7. The van der Waals surface area contributed by atoms with Crippen molar-refractivity contribution in [1.29, 1.82) is 0 Å². The molecular weight excluding hydrogens is 557 g/mol. The molecular formula is C29H33Cl2N3O4S. The summed E-state index contributed by atoms with van der Waals surface area (Å²) < 4.78 is 28.9. The van der Waals surface area contributed by atoms with Crippen molar-refractivity contribution in [1.82, 2.24) is 10.2 Å². The maximum Gasteiger partial charge on any atom is 0.264 e. The number of amides is 2. The van der Waals surface area contributed by atoms with Gasteiger partial charge >= 0.3 is 0 Å². The highest BCUT2D eigenvalue weighted by molar-refractivity contribution is 7.92. The molecule has 0 aliphatic rings. The van der Waals surface area contributed by atoms with Crippen LogP contribution >= 0.6 is 23.2 Å². The van der Waals surface area contributed by atoms with Crippen molar-refractivity contribution in [2.45, 2.75) is 52.1 Å². The van der Waals surface area contributed by atoms with E-state index in [-0.39, 0.29) is 17.3 Å². The van der Waals surface area contributed by atoms with Crippen molar-refractivity contribution in [3.05, 3.63) is 93.0 Å². The van der Waals surface area contributed by atoms with E-state index in [4.69, 9.17) is 23.2 Å². The number of rotatable bonds is 10. The maximum atomic E-state index is 13.9. The number of likely N-dealkylation sites (N-methyl/N-ethyl adjacent to an activating group) is 1. The zero-order valence-electron chi connectivity index (χ0n) is 22.7. The van der Waals surface area contributed by atoms with E-state index in [9.17, 15) is 18.0 Å². The number of halogens is 2. The van der Waals surface area contributed by atoms with Crippen LogP contribution in [0, 0.1) is 20.8 Å². The Morgan fingerprint density at radius 2 is 1.54 bits per heavy atom. The molecule has 0 saturated carbocycles. The van der Waals surface area contributed by atoms with E-state index in [0.29, 0.717) is 27.8 Å². The highest BCUT2D eigenvalue weighted by Gasteiger charge is 2.33. The molecule has 208 valence electrons. The molecule has 0 aliphatic heterocycles. The number of sulfonamides is 1. The zero-order chi connectivity index (χ0) is 28.9. The fourth-order valence-corrected chi connectivity index (χ4v) is 5.93. The predicted molar refractivity (Wildman–Crippen MR) is 157 cm³/mol. The molecule has 1 atom stereocenters. The van der Waals surface area contributed by atoms with E-state index in [0.717, 1.165) is 21.0 Å². The maximum absolute atomic E-state index is 13.9. The lowest BCUT2D eigenvalue weighted by molar-refractivity contribution is -0.139. The summed E-state index contributed by atoms with van der Waals surface area (Å²) in [6, 6.07) is 15.7. The van der Waals surface area contributed by atoms with Crippen molar-refractivity contribution < 1.29 is 18.0 Å². The Bertz CT molecular complexity index is 1440. The van der Waals surface area contributed by atoms with Crippen LogP contribution in [0.1, 0.15) is 36.1 Å². The van der Waals surface area contributed by atoms with Crippen molar-refractivity contribution in [3.8, 4) is 0 Å². The Hall–Kier alpha value is -3.07. The van der Waals surface area contributed by atoms with Crippen LogP contribution in [0.15, 0.2) is 65.6 Å². The summed E-state index contributed by atoms with van der Waals surface area (Å²) in [6.07, 6.45) is 0. The summed E-state index contributed by atoms with van der Waals surface area (Å²) >= 11 is 12.8. The molecule has 39 heavy (non-hydrogen) atoms. The van der Waals surface area contributed by atoms with E-state index in [1.807, 2.05) is 26.8 Å². The first-order chi connectivity index (χ1) is 18.4. The molecule has 0 aromatic heterocycles. The van der Waals surface area contributed by atoms with Gasteiger partial charge in [-0.1, -0.05) is 53.0 Å². The molecule has 3 aromatic rings. The fourth-order valence-electron chi connectivity index (χ4n) is 4.01. The minimum atomic E-state index is -4.14. The Morgan fingerprint density at radius 3 is 2.10 bits per heavy atom. The van der Waals surface area contributed by atoms with Crippen molar-refractivity contribution in [2.24, 2.45) is 0 Å². The lowest BCUT2D eigenvalue weighted by atomic mass is 10.1. The second kappa shape index (κ2) is 12.9. The Morgan fingerprint density at radius 1 is 0.923 bits per heavy atom. The number of aryl methyl sites for hydroxylation is 3. The molecule has 10 heteroatoms. The third-order valence-electron chi connectivity index (χ3n) is 6.57. The van der Waals surface area contributed by atoms with Gasteiger partial charge in [-0.25, -0.2) is 8.42 Å². The summed E-state index contributed by atoms with van der Waals surface area (Å²) in [4.78, 5) is 28.1.